The summed E-state index contributed by atoms with van der Waals surface area (Å²) in [6.45, 7) is 2.92. The fraction of sp³-hybridized carbons (Fsp3) is 0.364. The van der Waals surface area contributed by atoms with Crippen molar-refractivity contribution in [3.05, 3.63) is 65.2 Å². The molecular weight excluding hydrogens is 378 g/mol. The highest BCUT2D eigenvalue weighted by Gasteiger charge is 2.05. The van der Waals surface area contributed by atoms with Crippen molar-refractivity contribution in [3.8, 4) is 0 Å². The Balaban J connectivity index is 1.32. The highest BCUT2D eigenvalue weighted by Crippen LogP contribution is 2.08. The second-order valence-corrected chi connectivity index (χ2v) is 7.30. The van der Waals surface area contributed by atoms with Gasteiger partial charge in [0.15, 0.2) is 5.95 Å². The molecule has 30 heavy (non-hydrogen) atoms. The molecule has 0 saturated heterocycles. The van der Waals surface area contributed by atoms with E-state index in [1.54, 1.807) is 4.68 Å². The molecule has 0 radical (unpaired) electrons. The number of hydrogen-bond acceptors (Lipinski definition) is 5. The van der Waals surface area contributed by atoms with E-state index in [-0.39, 0.29) is 5.91 Å². The predicted molar refractivity (Wildman–Crippen MR) is 117 cm³/mol. The van der Waals surface area contributed by atoms with Crippen LogP contribution in [0.25, 0.3) is 6.08 Å². The van der Waals surface area contributed by atoms with Crippen LogP contribution in [0, 0.1) is 0 Å². The lowest BCUT2D eigenvalue weighted by atomic mass is 10.1. The molecule has 3 rings (SSSR count). The van der Waals surface area contributed by atoms with E-state index < -0.39 is 0 Å². The van der Waals surface area contributed by atoms with Crippen LogP contribution >= 0.6 is 0 Å². The van der Waals surface area contributed by atoms with Gasteiger partial charge in [0.2, 0.25) is 5.91 Å². The Morgan fingerprint density at radius 1 is 1.17 bits per heavy atom. The van der Waals surface area contributed by atoms with Gasteiger partial charge in [-0.25, -0.2) is 4.98 Å². The summed E-state index contributed by atoms with van der Waals surface area (Å²) in [6, 6.07) is 9.81. The summed E-state index contributed by atoms with van der Waals surface area (Å²) >= 11 is 0. The Kier molecular flexibility index (Phi) is 7.77. The molecule has 0 aliphatic carbocycles. The topological polar surface area (TPSA) is 115 Å². The van der Waals surface area contributed by atoms with Crippen LogP contribution < -0.4 is 11.1 Å². The van der Waals surface area contributed by atoms with Crippen molar-refractivity contribution in [2.45, 2.75) is 45.6 Å². The Morgan fingerprint density at radius 2 is 1.93 bits per heavy atom. The molecule has 158 valence electrons. The fourth-order valence-corrected chi connectivity index (χ4v) is 3.14. The van der Waals surface area contributed by atoms with E-state index in [0.29, 0.717) is 24.6 Å². The summed E-state index contributed by atoms with van der Waals surface area (Å²) in [5, 5.41) is 11.3. The minimum atomic E-state index is -0.0714. The first-order valence-corrected chi connectivity index (χ1v) is 10.3. The lowest BCUT2D eigenvalue weighted by Gasteiger charge is -2.05. The zero-order valence-electron chi connectivity index (χ0n) is 17.3. The number of nitrogens with zero attached hydrogens (tertiary/aromatic N) is 4. The largest absolute Gasteiger partial charge is 0.369 e. The molecule has 2 heterocycles. The second kappa shape index (κ2) is 10.9. The first-order valence-electron chi connectivity index (χ1n) is 10.3. The van der Waals surface area contributed by atoms with Crippen molar-refractivity contribution >= 4 is 17.9 Å². The molecule has 0 saturated carbocycles. The number of nitrogens with one attached hydrogen (secondary N) is 2. The molecular formula is C22H29N7O. The molecule has 8 nitrogen and oxygen atoms in total. The van der Waals surface area contributed by atoms with Crippen molar-refractivity contribution in [1.29, 1.82) is 0 Å². The highest BCUT2D eigenvalue weighted by molar-refractivity contribution is 5.97. The van der Waals surface area contributed by atoms with Gasteiger partial charge >= 0.3 is 0 Å². The quantitative estimate of drug-likeness (QED) is 0.334. The maximum Gasteiger partial charge on any atom is 0.246 e. The smallest absolute Gasteiger partial charge is 0.246 e. The normalized spacial score (nSPS) is 11.6. The molecule has 1 amide bonds. The minimum Gasteiger partial charge on any atom is -0.369 e. The van der Waals surface area contributed by atoms with E-state index in [0.717, 1.165) is 49.1 Å². The van der Waals surface area contributed by atoms with Crippen LogP contribution in [-0.4, -0.2) is 37.4 Å². The Bertz CT molecular complexity index is 959. The van der Waals surface area contributed by atoms with Gasteiger partial charge in [-0.05, 0) is 44.2 Å². The van der Waals surface area contributed by atoms with E-state index >= 15 is 0 Å². The molecule has 3 aromatic rings. The third kappa shape index (κ3) is 6.88. The Labute approximate surface area is 176 Å². The molecule has 1 aromatic carbocycles. The van der Waals surface area contributed by atoms with Gasteiger partial charge in [0, 0.05) is 24.5 Å². The molecule has 0 unspecified atom stereocenters. The summed E-state index contributed by atoms with van der Waals surface area (Å²) in [6.07, 6.45) is 10.7. The van der Waals surface area contributed by atoms with E-state index in [1.165, 1.54) is 0 Å². The summed E-state index contributed by atoms with van der Waals surface area (Å²) in [5.41, 5.74) is 9.25. The van der Waals surface area contributed by atoms with Gasteiger partial charge in [0.05, 0.1) is 17.9 Å². The number of aromatic amines is 1. The number of anilines is 1. The maximum absolute atomic E-state index is 12.2. The number of nitrogen functional groups attached to an aromatic ring is 1. The number of carbonyl (C=O) groups excluding carboxylic acids is 1. The Hall–Kier alpha value is -3.42. The van der Waals surface area contributed by atoms with Crippen molar-refractivity contribution < 1.29 is 4.79 Å². The van der Waals surface area contributed by atoms with Gasteiger partial charge in [-0.2, -0.15) is 0 Å². The molecule has 2 aromatic heterocycles. The van der Waals surface area contributed by atoms with Gasteiger partial charge in [0.25, 0.3) is 0 Å². The number of amides is 1. The van der Waals surface area contributed by atoms with E-state index in [1.807, 2.05) is 55.7 Å². The number of unbranched alkanes of at least 4 members (excludes halogenated alkanes) is 2. The monoisotopic (exact) mass is 407 g/mol. The average Bonchev–Trinajstić information content (AvgIpc) is 3.37. The van der Waals surface area contributed by atoms with E-state index in [2.05, 4.69) is 25.6 Å². The van der Waals surface area contributed by atoms with Gasteiger partial charge in [-0.3, -0.25) is 9.48 Å². The molecule has 0 aliphatic heterocycles. The van der Waals surface area contributed by atoms with Gasteiger partial charge in [-0.15, -0.1) is 5.10 Å². The molecule has 0 spiro atoms. The van der Waals surface area contributed by atoms with Crippen molar-refractivity contribution in [2.75, 3.05) is 12.3 Å². The minimum absolute atomic E-state index is 0.0714. The first kappa shape index (κ1) is 21.3. The molecule has 0 fully saturated rings. The van der Waals surface area contributed by atoms with Crippen molar-refractivity contribution in [2.24, 2.45) is 0 Å². The number of benzene rings is 1. The predicted octanol–water partition coefficient (Wildman–Crippen LogP) is 2.76. The summed E-state index contributed by atoms with van der Waals surface area (Å²) in [5.74, 6) is 0.401. The lowest BCUT2D eigenvalue weighted by Crippen LogP contribution is -2.27. The van der Waals surface area contributed by atoms with Crippen LogP contribution in [0.3, 0.4) is 0 Å². The zero-order chi connectivity index (χ0) is 21.2. The third-order valence-electron chi connectivity index (χ3n) is 4.77. The molecule has 0 aliphatic rings. The number of aryl methyl sites for hydroxylation is 2. The second-order valence-electron chi connectivity index (χ2n) is 7.30. The van der Waals surface area contributed by atoms with Gasteiger partial charge in [0.1, 0.15) is 0 Å². The standard InChI is InChI=1S/C22H29N7O/c1-17(14-18-8-4-2-5-9-18)21(30)24-12-13-29-16-20(27-28-29)11-7-3-6-10-19-15-25-22(23)26-19/h2,4-5,8-9,14-16H,3,6-7,10-13H2,1H3,(H,24,30)(H3,23,25,26)/b17-14+. The van der Waals surface area contributed by atoms with Crippen molar-refractivity contribution in [1.82, 2.24) is 30.3 Å². The number of hydrogen-bond donors (Lipinski definition) is 3. The Morgan fingerprint density at radius 3 is 2.67 bits per heavy atom. The average molecular weight is 408 g/mol. The van der Waals surface area contributed by atoms with Crippen molar-refractivity contribution in [3.63, 3.8) is 0 Å². The first-order chi connectivity index (χ1) is 14.6. The number of carbonyl (C=O) groups is 1. The summed E-state index contributed by atoms with van der Waals surface area (Å²) in [4.78, 5) is 19.3. The van der Waals surface area contributed by atoms with Crippen LogP contribution in [0.15, 0.2) is 48.3 Å². The zero-order valence-corrected chi connectivity index (χ0v) is 17.3. The van der Waals surface area contributed by atoms with Crippen LogP contribution in [0.2, 0.25) is 0 Å². The van der Waals surface area contributed by atoms with E-state index in [4.69, 9.17) is 5.73 Å². The molecule has 0 bridgehead atoms. The summed E-state index contributed by atoms with van der Waals surface area (Å²) in [7, 11) is 0. The highest BCUT2D eigenvalue weighted by atomic mass is 16.1. The molecule has 0 atom stereocenters. The number of aromatic nitrogens is 5. The summed E-state index contributed by atoms with van der Waals surface area (Å²) < 4.78 is 1.78. The van der Waals surface area contributed by atoms with Crippen LogP contribution in [0.4, 0.5) is 5.95 Å². The fourth-order valence-electron chi connectivity index (χ4n) is 3.14. The number of rotatable bonds is 11. The van der Waals surface area contributed by atoms with Gasteiger partial charge < -0.3 is 16.0 Å². The molecule has 8 heteroatoms. The number of nitrogens with two attached hydrogens (primary N) is 1. The number of imidazole rings is 1. The van der Waals surface area contributed by atoms with Crippen LogP contribution in [0.5, 0.6) is 0 Å². The maximum atomic E-state index is 12.2. The van der Waals surface area contributed by atoms with Crippen LogP contribution in [0.1, 0.15) is 43.1 Å². The SMILES string of the molecule is C/C(=C\c1ccccc1)C(=O)NCCn1cc(CCCCCc2c[nH]c(N)n2)nn1. The van der Waals surface area contributed by atoms with Gasteiger partial charge in [-0.1, -0.05) is 42.0 Å². The molecule has 4 N–H and O–H groups in total. The number of H-pyrrole nitrogens is 1. The third-order valence-corrected chi connectivity index (χ3v) is 4.77. The van der Waals surface area contributed by atoms with E-state index in [9.17, 15) is 4.79 Å². The van der Waals surface area contributed by atoms with Crippen LogP contribution in [-0.2, 0) is 24.2 Å². The lowest BCUT2D eigenvalue weighted by molar-refractivity contribution is -0.117.